The summed E-state index contributed by atoms with van der Waals surface area (Å²) < 4.78 is 62.8. The fourth-order valence-corrected chi connectivity index (χ4v) is 2.95. The highest BCUT2D eigenvalue weighted by molar-refractivity contribution is 5.85. The molecule has 0 amide bonds. The van der Waals surface area contributed by atoms with Crippen LogP contribution in [0.1, 0.15) is 24.4 Å². The van der Waals surface area contributed by atoms with Crippen molar-refractivity contribution in [1.29, 1.82) is 0 Å². The lowest BCUT2D eigenvalue weighted by Gasteiger charge is -2.35. The van der Waals surface area contributed by atoms with Crippen molar-refractivity contribution in [3.05, 3.63) is 23.5 Å². The predicted octanol–water partition coefficient (Wildman–Crippen LogP) is 3.98. The van der Waals surface area contributed by atoms with Gasteiger partial charge in [0, 0.05) is 50.3 Å². The molecule has 26 heavy (non-hydrogen) atoms. The number of hydrogen-bond donors (Lipinski definition) is 1. The SMILES string of the molecule is COc1cc(F)c([C@@H](CCC(F)(F)F)N2CCNCC2)cc1OC.Cl.Cl. The predicted molar refractivity (Wildman–Crippen MR) is 96.5 cm³/mol. The van der Waals surface area contributed by atoms with E-state index in [4.69, 9.17) is 9.47 Å². The van der Waals surface area contributed by atoms with Gasteiger partial charge in [-0.05, 0) is 12.5 Å². The molecule has 0 saturated carbocycles. The fraction of sp³-hybridized carbons (Fsp3) is 0.625. The van der Waals surface area contributed by atoms with Crippen LogP contribution in [-0.4, -0.2) is 51.5 Å². The van der Waals surface area contributed by atoms with Crippen molar-refractivity contribution in [2.75, 3.05) is 40.4 Å². The van der Waals surface area contributed by atoms with Crippen molar-refractivity contribution in [2.45, 2.75) is 25.1 Å². The third kappa shape index (κ3) is 6.64. The summed E-state index contributed by atoms with van der Waals surface area (Å²) in [4.78, 5) is 1.88. The van der Waals surface area contributed by atoms with Gasteiger partial charge in [0.25, 0.3) is 0 Å². The van der Waals surface area contributed by atoms with Crippen LogP contribution in [0.5, 0.6) is 11.5 Å². The highest BCUT2D eigenvalue weighted by Gasteiger charge is 2.33. The van der Waals surface area contributed by atoms with Gasteiger partial charge in [0.2, 0.25) is 0 Å². The first-order chi connectivity index (χ1) is 11.4. The zero-order valence-electron chi connectivity index (χ0n) is 14.6. The van der Waals surface area contributed by atoms with Crippen LogP contribution in [-0.2, 0) is 0 Å². The Labute approximate surface area is 163 Å². The molecule has 0 radical (unpaired) electrons. The molecule has 0 bridgehead atoms. The average molecular weight is 423 g/mol. The molecule has 2 rings (SSSR count). The maximum absolute atomic E-state index is 14.5. The Kier molecular flexibility index (Phi) is 10.6. The van der Waals surface area contributed by atoms with Gasteiger partial charge >= 0.3 is 6.18 Å². The smallest absolute Gasteiger partial charge is 0.389 e. The van der Waals surface area contributed by atoms with Crippen molar-refractivity contribution in [2.24, 2.45) is 0 Å². The molecular formula is C16H24Cl2F4N2O2. The minimum Gasteiger partial charge on any atom is -0.493 e. The largest absolute Gasteiger partial charge is 0.493 e. The number of alkyl halides is 3. The maximum Gasteiger partial charge on any atom is 0.389 e. The summed E-state index contributed by atoms with van der Waals surface area (Å²) in [5.74, 6) is -0.0620. The molecule has 1 saturated heterocycles. The molecule has 0 aliphatic carbocycles. The molecule has 1 aliphatic rings. The molecule has 1 heterocycles. The number of ether oxygens (including phenoxy) is 2. The van der Waals surface area contributed by atoms with Gasteiger partial charge in [-0.3, -0.25) is 4.90 Å². The molecule has 0 unspecified atom stereocenters. The van der Waals surface area contributed by atoms with Crippen molar-refractivity contribution in [3.8, 4) is 11.5 Å². The number of benzene rings is 1. The Bertz CT molecular complexity index is 556. The van der Waals surface area contributed by atoms with Gasteiger partial charge in [-0.15, -0.1) is 24.8 Å². The molecule has 1 N–H and O–H groups in total. The molecule has 1 atom stereocenters. The van der Waals surface area contributed by atoms with E-state index in [9.17, 15) is 17.6 Å². The second-order valence-corrected chi connectivity index (χ2v) is 5.68. The molecule has 0 spiro atoms. The second-order valence-electron chi connectivity index (χ2n) is 5.68. The summed E-state index contributed by atoms with van der Waals surface area (Å²) >= 11 is 0. The number of rotatable bonds is 6. The third-order valence-electron chi connectivity index (χ3n) is 4.16. The molecule has 1 aromatic rings. The highest BCUT2D eigenvalue weighted by Crippen LogP contribution is 2.38. The molecule has 10 heteroatoms. The number of nitrogens with one attached hydrogen (secondary N) is 1. The summed E-state index contributed by atoms with van der Waals surface area (Å²) in [5, 5.41) is 3.15. The van der Waals surface area contributed by atoms with Gasteiger partial charge < -0.3 is 14.8 Å². The highest BCUT2D eigenvalue weighted by atomic mass is 35.5. The van der Waals surface area contributed by atoms with E-state index in [0.717, 1.165) is 6.07 Å². The van der Waals surface area contributed by atoms with E-state index in [1.807, 2.05) is 4.90 Å². The van der Waals surface area contributed by atoms with Crippen LogP contribution in [0, 0.1) is 5.82 Å². The van der Waals surface area contributed by atoms with E-state index >= 15 is 0 Å². The Morgan fingerprint density at radius 3 is 2.12 bits per heavy atom. The second kappa shape index (κ2) is 11.0. The number of nitrogens with zero attached hydrogens (tertiary/aromatic N) is 1. The summed E-state index contributed by atoms with van der Waals surface area (Å²) in [6, 6.07) is 1.95. The molecule has 152 valence electrons. The first-order valence-electron chi connectivity index (χ1n) is 7.78. The minimum atomic E-state index is -4.28. The quantitative estimate of drug-likeness (QED) is 0.703. The van der Waals surface area contributed by atoms with Crippen LogP contribution in [0.2, 0.25) is 0 Å². The van der Waals surface area contributed by atoms with E-state index in [2.05, 4.69) is 5.32 Å². The lowest BCUT2D eigenvalue weighted by atomic mass is 9.98. The summed E-state index contributed by atoms with van der Waals surface area (Å²) in [7, 11) is 2.80. The van der Waals surface area contributed by atoms with Gasteiger partial charge in [-0.2, -0.15) is 13.2 Å². The Morgan fingerprint density at radius 1 is 1.08 bits per heavy atom. The number of halogens is 6. The lowest BCUT2D eigenvalue weighted by Crippen LogP contribution is -2.45. The van der Waals surface area contributed by atoms with Crippen molar-refractivity contribution >= 4 is 24.8 Å². The summed E-state index contributed by atoms with van der Waals surface area (Å²) in [6.45, 7) is 2.46. The normalized spacial score (nSPS) is 16.2. The number of hydrogen-bond acceptors (Lipinski definition) is 4. The lowest BCUT2D eigenvalue weighted by molar-refractivity contribution is -0.138. The average Bonchev–Trinajstić information content (AvgIpc) is 2.55. The van der Waals surface area contributed by atoms with E-state index in [0.29, 0.717) is 31.9 Å². The van der Waals surface area contributed by atoms with Crippen LogP contribution in [0.15, 0.2) is 12.1 Å². The first-order valence-corrected chi connectivity index (χ1v) is 7.78. The van der Waals surface area contributed by atoms with Gasteiger partial charge in [-0.1, -0.05) is 0 Å². The van der Waals surface area contributed by atoms with Gasteiger partial charge in [0.15, 0.2) is 11.5 Å². The van der Waals surface area contributed by atoms with E-state index in [-0.39, 0.29) is 42.5 Å². The fourth-order valence-electron chi connectivity index (χ4n) is 2.95. The van der Waals surface area contributed by atoms with E-state index < -0.39 is 24.5 Å². The molecule has 0 aromatic heterocycles. The first kappa shape index (κ1) is 25.0. The van der Waals surface area contributed by atoms with Gasteiger partial charge in [-0.25, -0.2) is 4.39 Å². The third-order valence-corrected chi connectivity index (χ3v) is 4.16. The zero-order valence-corrected chi connectivity index (χ0v) is 16.2. The zero-order chi connectivity index (χ0) is 17.7. The van der Waals surface area contributed by atoms with Crippen LogP contribution in [0.3, 0.4) is 0 Å². The van der Waals surface area contributed by atoms with Crippen molar-refractivity contribution < 1.29 is 27.0 Å². The maximum atomic E-state index is 14.5. The molecule has 1 fully saturated rings. The summed E-state index contributed by atoms with van der Waals surface area (Å²) in [5.41, 5.74) is 0.207. The minimum absolute atomic E-state index is 0. The standard InChI is InChI=1S/C16H22F4N2O2.2ClH/c1-23-14-9-11(12(17)10-15(14)24-2)13(3-4-16(18,19)20)22-7-5-21-6-8-22;;/h9-10,13,21H,3-8H2,1-2H3;2*1H/t13-;;/m1../s1. The van der Waals surface area contributed by atoms with Crippen LogP contribution in [0.4, 0.5) is 17.6 Å². The Hall–Kier alpha value is -0.960. The van der Waals surface area contributed by atoms with E-state index in [1.165, 1.54) is 20.3 Å². The monoisotopic (exact) mass is 422 g/mol. The molecular weight excluding hydrogens is 399 g/mol. The van der Waals surface area contributed by atoms with E-state index in [1.54, 1.807) is 0 Å². The van der Waals surface area contributed by atoms with Gasteiger partial charge in [0.05, 0.1) is 14.2 Å². The Balaban J connectivity index is 0.00000312. The summed E-state index contributed by atoms with van der Waals surface area (Å²) in [6.07, 6.45) is -5.44. The van der Waals surface area contributed by atoms with Crippen LogP contribution >= 0.6 is 24.8 Å². The van der Waals surface area contributed by atoms with Crippen molar-refractivity contribution in [1.82, 2.24) is 10.2 Å². The molecule has 4 nitrogen and oxygen atoms in total. The van der Waals surface area contributed by atoms with Crippen LogP contribution in [0.25, 0.3) is 0 Å². The number of methoxy groups -OCH3 is 2. The van der Waals surface area contributed by atoms with Crippen LogP contribution < -0.4 is 14.8 Å². The molecule has 1 aromatic carbocycles. The number of piperazine rings is 1. The van der Waals surface area contributed by atoms with Crippen molar-refractivity contribution in [3.63, 3.8) is 0 Å². The molecule has 1 aliphatic heterocycles. The topological polar surface area (TPSA) is 33.7 Å². The Morgan fingerprint density at radius 2 is 1.62 bits per heavy atom. The van der Waals surface area contributed by atoms with Gasteiger partial charge in [0.1, 0.15) is 5.82 Å².